The first-order chi connectivity index (χ1) is 15.3. The molecule has 9 heteroatoms. The molecule has 0 spiro atoms. The van der Waals surface area contributed by atoms with E-state index in [9.17, 15) is 18.3 Å². The van der Waals surface area contributed by atoms with Gasteiger partial charge in [0, 0.05) is 5.75 Å². The van der Waals surface area contributed by atoms with Crippen LogP contribution in [0.25, 0.3) is 0 Å². The van der Waals surface area contributed by atoms with E-state index in [-0.39, 0.29) is 10.6 Å². The SMILES string of the molecule is CC(C(O)(SCc1ccccc1)C(=O)NO)S(=O)(=O)c1ccc(Oc2ccccc2)cc1. The second-order valence-corrected chi connectivity index (χ2v) is 10.5. The van der Waals surface area contributed by atoms with E-state index >= 15 is 0 Å². The zero-order valence-corrected chi connectivity index (χ0v) is 18.8. The number of rotatable bonds is 9. The van der Waals surface area contributed by atoms with Gasteiger partial charge in [-0.1, -0.05) is 48.5 Å². The lowest BCUT2D eigenvalue weighted by atomic mass is 10.2. The molecule has 0 heterocycles. The van der Waals surface area contributed by atoms with Crippen LogP contribution in [0, 0.1) is 0 Å². The number of para-hydroxylation sites is 1. The number of ether oxygens (including phenoxy) is 1. The van der Waals surface area contributed by atoms with Crippen molar-refractivity contribution in [2.45, 2.75) is 27.8 Å². The summed E-state index contributed by atoms with van der Waals surface area (Å²) in [4.78, 5) is 9.80. The van der Waals surface area contributed by atoms with E-state index in [1.807, 2.05) is 24.3 Å². The van der Waals surface area contributed by atoms with Gasteiger partial charge in [-0.25, -0.2) is 13.9 Å². The number of carbonyl (C=O) groups is 1. The van der Waals surface area contributed by atoms with Crippen molar-refractivity contribution in [3.63, 3.8) is 0 Å². The molecule has 168 valence electrons. The lowest BCUT2D eigenvalue weighted by molar-refractivity contribution is -0.140. The zero-order valence-electron chi connectivity index (χ0n) is 17.2. The molecule has 3 aromatic rings. The number of benzene rings is 3. The van der Waals surface area contributed by atoms with Gasteiger partial charge in [-0.15, -0.1) is 11.8 Å². The third-order valence-electron chi connectivity index (χ3n) is 4.88. The van der Waals surface area contributed by atoms with Crippen molar-refractivity contribution in [2.75, 3.05) is 0 Å². The number of sulfone groups is 1. The molecular weight excluding hydrogens is 450 g/mol. The Labute approximate surface area is 190 Å². The average Bonchev–Trinajstić information content (AvgIpc) is 2.83. The molecule has 0 aliphatic carbocycles. The van der Waals surface area contributed by atoms with Gasteiger partial charge < -0.3 is 9.84 Å². The van der Waals surface area contributed by atoms with Crippen molar-refractivity contribution >= 4 is 27.5 Å². The second kappa shape index (κ2) is 10.2. The Morgan fingerprint density at radius 2 is 1.50 bits per heavy atom. The van der Waals surface area contributed by atoms with Crippen LogP contribution >= 0.6 is 11.8 Å². The molecule has 0 saturated heterocycles. The first-order valence-electron chi connectivity index (χ1n) is 9.69. The summed E-state index contributed by atoms with van der Waals surface area (Å²) in [5.74, 6) is -0.0139. The third-order valence-corrected chi connectivity index (χ3v) is 8.68. The molecule has 0 aliphatic heterocycles. The number of hydrogen-bond acceptors (Lipinski definition) is 7. The highest BCUT2D eigenvalue weighted by Crippen LogP contribution is 2.36. The third kappa shape index (κ3) is 5.31. The molecule has 1 amide bonds. The van der Waals surface area contributed by atoms with Crippen LogP contribution in [0.15, 0.2) is 89.8 Å². The Morgan fingerprint density at radius 1 is 0.969 bits per heavy atom. The van der Waals surface area contributed by atoms with Gasteiger partial charge in [0.15, 0.2) is 9.84 Å². The lowest BCUT2D eigenvalue weighted by Crippen LogP contribution is -2.53. The highest BCUT2D eigenvalue weighted by molar-refractivity contribution is 8.02. The van der Waals surface area contributed by atoms with Gasteiger partial charge in [-0.2, -0.15) is 0 Å². The van der Waals surface area contributed by atoms with Crippen LogP contribution in [0.4, 0.5) is 0 Å². The van der Waals surface area contributed by atoms with Crippen LogP contribution in [0.1, 0.15) is 12.5 Å². The van der Waals surface area contributed by atoms with Gasteiger partial charge in [0.2, 0.25) is 4.93 Å². The first kappa shape index (κ1) is 23.8. The lowest BCUT2D eigenvalue weighted by Gasteiger charge is -2.31. The summed E-state index contributed by atoms with van der Waals surface area (Å²) in [5, 5.41) is 18.6. The van der Waals surface area contributed by atoms with Gasteiger partial charge in [-0.3, -0.25) is 10.0 Å². The van der Waals surface area contributed by atoms with Gasteiger partial charge in [0.05, 0.1) is 4.90 Å². The number of hydroxylamine groups is 1. The van der Waals surface area contributed by atoms with Crippen molar-refractivity contribution in [1.29, 1.82) is 0 Å². The summed E-state index contributed by atoms with van der Waals surface area (Å²) in [5.41, 5.74) is 2.17. The molecule has 7 nitrogen and oxygen atoms in total. The minimum absolute atomic E-state index is 0.0881. The van der Waals surface area contributed by atoms with Gasteiger partial charge in [-0.05, 0) is 48.9 Å². The average molecular weight is 474 g/mol. The smallest absolute Gasteiger partial charge is 0.287 e. The fourth-order valence-electron chi connectivity index (χ4n) is 2.95. The monoisotopic (exact) mass is 473 g/mol. The Hall–Kier alpha value is -2.85. The molecule has 0 aliphatic rings. The maximum Gasteiger partial charge on any atom is 0.287 e. The van der Waals surface area contributed by atoms with Crippen LogP contribution in [0.5, 0.6) is 11.5 Å². The number of carbonyl (C=O) groups excluding carboxylic acids is 1. The predicted octanol–water partition coefficient (Wildman–Crippen LogP) is 3.77. The zero-order chi connectivity index (χ0) is 23.2. The fraction of sp³-hybridized carbons (Fsp3) is 0.174. The van der Waals surface area contributed by atoms with E-state index in [0.29, 0.717) is 11.5 Å². The van der Waals surface area contributed by atoms with Crippen LogP contribution in [0.2, 0.25) is 0 Å². The van der Waals surface area contributed by atoms with E-state index in [0.717, 1.165) is 17.3 Å². The van der Waals surface area contributed by atoms with Gasteiger partial charge in [0.1, 0.15) is 16.7 Å². The van der Waals surface area contributed by atoms with Gasteiger partial charge >= 0.3 is 0 Å². The molecule has 0 fully saturated rings. The molecule has 2 unspecified atom stereocenters. The maximum atomic E-state index is 13.2. The van der Waals surface area contributed by atoms with Crippen molar-refractivity contribution < 1.29 is 28.3 Å². The maximum absolute atomic E-state index is 13.2. The van der Waals surface area contributed by atoms with E-state index in [4.69, 9.17) is 9.94 Å². The normalized spacial score (nSPS) is 14.2. The number of hydrogen-bond donors (Lipinski definition) is 3. The highest BCUT2D eigenvalue weighted by atomic mass is 32.2. The number of thioether (sulfide) groups is 1. The number of amides is 1. The van der Waals surface area contributed by atoms with Crippen LogP contribution in [-0.2, 0) is 20.4 Å². The molecule has 32 heavy (non-hydrogen) atoms. The van der Waals surface area contributed by atoms with Crippen LogP contribution in [0.3, 0.4) is 0 Å². The summed E-state index contributed by atoms with van der Waals surface area (Å²) in [7, 11) is -4.14. The van der Waals surface area contributed by atoms with Crippen LogP contribution in [-0.4, -0.2) is 34.8 Å². The largest absolute Gasteiger partial charge is 0.457 e. The number of aliphatic hydroxyl groups is 1. The van der Waals surface area contributed by atoms with Crippen molar-refractivity contribution in [2.24, 2.45) is 0 Å². The molecule has 0 bridgehead atoms. The van der Waals surface area contributed by atoms with E-state index in [1.165, 1.54) is 36.7 Å². The van der Waals surface area contributed by atoms with Crippen molar-refractivity contribution in [3.8, 4) is 11.5 Å². The minimum Gasteiger partial charge on any atom is -0.457 e. The molecule has 3 N–H and O–H groups in total. The second-order valence-electron chi connectivity index (χ2n) is 6.99. The Kier molecular flexibility index (Phi) is 7.57. The van der Waals surface area contributed by atoms with E-state index < -0.39 is 25.9 Å². The van der Waals surface area contributed by atoms with Crippen molar-refractivity contribution in [1.82, 2.24) is 5.48 Å². The molecular formula is C23H23NO6S2. The Bertz CT molecular complexity index is 1140. The fourth-order valence-corrected chi connectivity index (χ4v) is 5.98. The van der Waals surface area contributed by atoms with Crippen LogP contribution < -0.4 is 10.2 Å². The topological polar surface area (TPSA) is 113 Å². The molecule has 3 aromatic carbocycles. The summed E-state index contributed by atoms with van der Waals surface area (Å²) in [6.45, 7) is 1.23. The number of nitrogens with one attached hydrogen (secondary N) is 1. The molecule has 0 aromatic heterocycles. The first-order valence-corrected chi connectivity index (χ1v) is 12.2. The quantitative estimate of drug-likeness (QED) is 0.246. The predicted molar refractivity (Wildman–Crippen MR) is 122 cm³/mol. The molecule has 0 saturated carbocycles. The summed E-state index contributed by atoms with van der Waals surface area (Å²) < 4.78 is 32.1. The van der Waals surface area contributed by atoms with Crippen molar-refractivity contribution in [3.05, 3.63) is 90.5 Å². The summed E-state index contributed by atoms with van der Waals surface area (Å²) in [6, 6.07) is 23.7. The molecule has 3 rings (SSSR count). The van der Waals surface area contributed by atoms with E-state index in [2.05, 4.69) is 0 Å². The minimum atomic E-state index is -4.14. The molecule has 2 atom stereocenters. The highest BCUT2D eigenvalue weighted by Gasteiger charge is 2.49. The Morgan fingerprint density at radius 3 is 2.06 bits per heavy atom. The molecule has 0 radical (unpaired) electrons. The standard InChI is InChI=1S/C23H23NO6S2/c1-17(23(26,22(25)24-27)31-16-18-8-4-2-5-9-18)32(28,29)21-14-12-20(13-15-21)30-19-10-6-3-7-11-19/h2-15,17,26-27H,16H2,1H3,(H,24,25). The summed E-state index contributed by atoms with van der Waals surface area (Å²) in [6.07, 6.45) is 0. The Balaban J connectivity index is 1.82. The van der Waals surface area contributed by atoms with E-state index in [1.54, 1.807) is 36.4 Å². The van der Waals surface area contributed by atoms with Gasteiger partial charge in [0.25, 0.3) is 5.91 Å². The summed E-state index contributed by atoms with van der Waals surface area (Å²) >= 11 is 0.724.